The van der Waals surface area contributed by atoms with Crippen LogP contribution in [0.3, 0.4) is 0 Å². The molecular weight excluding hydrogens is 258 g/mol. The molecule has 0 spiro atoms. The number of ether oxygens (including phenoxy) is 2. The smallest absolute Gasteiger partial charge is 0.413 e. The first-order valence-electron chi connectivity index (χ1n) is 6.37. The normalized spacial score (nSPS) is 10.5. The van der Waals surface area contributed by atoms with Crippen LogP contribution in [0.5, 0.6) is 5.75 Å². The number of aromatic nitrogens is 1. The zero-order chi connectivity index (χ0) is 15.0. The maximum Gasteiger partial charge on any atom is 0.413 e. The number of unbranched alkanes of at least 4 members (excludes halogenated alkanes) is 1. The molecule has 1 aromatic rings. The number of hydrogen-bond acceptors (Lipinski definition) is 5. The monoisotopic (exact) mass is 277 g/mol. The van der Waals surface area contributed by atoms with Gasteiger partial charge in [-0.25, -0.2) is 9.78 Å². The van der Waals surface area contributed by atoms with Crippen LogP contribution in [-0.2, 0) is 4.74 Å². The minimum Gasteiger partial charge on any atom is -0.490 e. The van der Waals surface area contributed by atoms with Gasteiger partial charge in [-0.2, -0.15) is 5.26 Å². The largest absolute Gasteiger partial charge is 0.490 e. The van der Waals surface area contributed by atoms with Gasteiger partial charge < -0.3 is 9.47 Å². The highest BCUT2D eigenvalue weighted by Gasteiger charge is 2.17. The quantitative estimate of drug-likeness (QED) is 0.836. The first kappa shape index (κ1) is 15.8. The summed E-state index contributed by atoms with van der Waals surface area (Å²) in [7, 11) is 0. The Hall–Kier alpha value is -2.29. The molecule has 0 aliphatic rings. The molecule has 0 aliphatic carbocycles. The molecule has 0 radical (unpaired) electrons. The Labute approximate surface area is 118 Å². The Morgan fingerprint density at radius 3 is 2.90 bits per heavy atom. The number of nitriles is 1. The summed E-state index contributed by atoms with van der Waals surface area (Å²) >= 11 is 0. The molecule has 1 N–H and O–H groups in total. The van der Waals surface area contributed by atoms with E-state index in [1.807, 2.05) is 6.07 Å². The first-order chi connectivity index (χ1) is 9.42. The molecular formula is C14H19N3O3. The Kier molecular flexibility index (Phi) is 5.78. The number of amides is 1. The Bertz CT molecular complexity index is 489. The molecule has 0 saturated carbocycles. The van der Waals surface area contributed by atoms with Gasteiger partial charge in [0.05, 0.1) is 12.7 Å². The van der Waals surface area contributed by atoms with Crippen molar-refractivity contribution in [3.05, 3.63) is 18.3 Å². The van der Waals surface area contributed by atoms with Crippen LogP contribution >= 0.6 is 0 Å². The van der Waals surface area contributed by atoms with Gasteiger partial charge in [0.25, 0.3) is 0 Å². The van der Waals surface area contributed by atoms with Crippen molar-refractivity contribution in [2.24, 2.45) is 0 Å². The van der Waals surface area contributed by atoms with Gasteiger partial charge in [-0.1, -0.05) is 0 Å². The van der Waals surface area contributed by atoms with Crippen LogP contribution in [0.2, 0.25) is 0 Å². The summed E-state index contributed by atoms with van der Waals surface area (Å²) in [5.41, 5.74) is -0.577. The second-order valence-electron chi connectivity index (χ2n) is 5.09. The molecule has 6 nitrogen and oxygen atoms in total. The number of rotatable bonds is 5. The number of hydrogen-bond donors (Lipinski definition) is 1. The highest BCUT2D eigenvalue weighted by molar-refractivity contribution is 5.85. The summed E-state index contributed by atoms with van der Waals surface area (Å²) in [6.07, 6.45) is 2.01. The van der Waals surface area contributed by atoms with Gasteiger partial charge in [-0.15, -0.1) is 0 Å². The van der Waals surface area contributed by atoms with Crippen LogP contribution < -0.4 is 10.1 Å². The predicted molar refractivity (Wildman–Crippen MR) is 74.4 cm³/mol. The van der Waals surface area contributed by atoms with E-state index in [0.717, 1.165) is 0 Å². The van der Waals surface area contributed by atoms with E-state index in [1.165, 1.54) is 0 Å². The second-order valence-corrected chi connectivity index (χ2v) is 5.09. The summed E-state index contributed by atoms with van der Waals surface area (Å²) < 4.78 is 10.6. The third-order valence-corrected chi connectivity index (χ3v) is 2.08. The number of carbonyl (C=O) groups excluding carboxylic acids is 1. The van der Waals surface area contributed by atoms with Crippen LogP contribution in [-0.4, -0.2) is 23.3 Å². The molecule has 0 saturated heterocycles. The molecule has 20 heavy (non-hydrogen) atoms. The molecule has 0 bridgehead atoms. The molecule has 1 heterocycles. The van der Waals surface area contributed by atoms with Crippen LogP contribution in [0.4, 0.5) is 10.6 Å². The number of nitrogens with zero attached hydrogens (tertiary/aromatic N) is 2. The fourth-order valence-corrected chi connectivity index (χ4v) is 1.33. The van der Waals surface area contributed by atoms with Crippen LogP contribution in [0.25, 0.3) is 0 Å². The van der Waals surface area contributed by atoms with Crippen LogP contribution in [0.15, 0.2) is 18.3 Å². The molecule has 0 atom stereocenters. The van der Waals surface area contributed by atoms with Crippen molar-refractivity contribution in [3.63, 3.8) is 0 Å². The fraction of sp³-hybridized carbons (Fsp3) is 0.500. The van der Waals surface area contributed by atoms with Gasteiger partial charge in [0.15, 0.2) is 11.6 Å². The minimum atomic E-state index is -0.585. The van der Waals surface area contributed by atoms with Crippen molar-refractivity contribution in [2.75, 3.05) is 11.9 Å². The van der Waals surface area contributed by atoms with Gasteiger partial charge in [0, 0.05) is 12.6 Å². The van der Waals surface area contributed by atoms with Crippen molar-refractivity contribution >= 4 is 11.9 Å². The van der Waals surface area contributed by atoms with Gasteiger partial charge in [0.2, 0.25) is 0 Å². The Balaban J connectivity index is 2.61. The van der Waals surface area contributed by atoms with E-state index in [9.17, 15) is 4.79 Å². The molecule has 108 valence electrons. The summed E-state index contributed by atoms with van der Waals surface area (Å²) in [4.78, 5) is 15.7. The Morgan fingerprint density at radius 2 is 2.25 bits per heavy atom. The van der Waals surface area contributed by atoms with Crippen molar-refractivity contribution in [2.45, 2.75) is 39.2 Å². The highest BCUT2D eigenvalue weighted by atomic mass is 16.6. The lowest BCUT2D eigenvalue weighted by atomic mass is 10.2. The highest BCUT2D eigenvalue weighted by Crippen LogP contribution is 2.22. The van der Waals surface area contributed by atoms with Gasteiger partial charge in [-0.05, 0) is 39.3 Å². The molecule has 0 aliphatic heterocycles. The third kappa shape index (κ3) is 6.05. The summed E-state index contributed by atoms with van der Waals surface area (Å²) in [6, 6.07) is 5.45. The number of carbonyl (C=O) groups is 1. The minimum absolute atomic E-state index is 0.304. The lowest BCUT2D eigenvalue weighted by molar-refractivity contribution is 0.0634. The van der Waals surface area contributed by atoms with E-state index in [0.29, 0.717) is 31.0 Å². The average molecular weight is 277 g/mol. The number of anilines is 1. The first-order valence-corrected chi connectivity index (χ1v) is 6.37. The summed E-state index contributed by atoms with van der Waals surface area (Å²) in [6.45, 7) is 5.74. The average Bonchev–Trinajstić information content (AvgIpc) is 2.34. The fourth-order valence-electron chi connectivity index (χ4n) is 1.33. The van der Waals surface area contributed by atoms with Crippen molar-refractivity contribution < 1.29 is 14.3 Å². The molecule has 1 amide bonds. The Morgan fingerprint density at radius 1 is 1.50 bits per heavy atom. The number of pyridine rings is 1. The third-order valence-electron chi connectivity index (χ3n) is 2.08. The van der Waals surface area contributed by atoms with Gasteiger partial charge >= 0.3 is 6.09 Å². The SMILES string of the molecule is CC(C)(C)OC(=O)Nc1ncccc1OCCCC#N. The summed E-state index contributed by atoms with van der Waals surface area (Å²) in [5.74, 6) is 0.759. The molecule has 1 aromatic heterocycles. The zero-order valence-electron chi connectivity index (χ0n) is 12.0. The molecule has 0 fully saturated rings. The van der Waals surface area contributed by atoms with E-state index in [1.54, 1.807) is 39.1 Å². The maximum atomic E-state index is 11.7. The van der Waals surface area contributed by atoms with E-state index >= 15 is 0 Å². The molecule has 0 unspecified atom stereocenters. The van der Waals surface area contributed by atoms with Crippen molar-refractivity contribution in [3.8, 4) is 11.8 Å². The maximum absolute atomic E-state index is 11.7. The van der Waals surface area contributed by atoms with Crippen LogP contribution in [0.1, 0.15) is 33.6 Å². The van der Waals surface area contributed by atoms with Gasteiger partial charge in [-0.3, -0.25) is 5.32 Å². The lowest BCUT2D eigenvalue weighted by Gasteiger charge is -2.20. The van der Waals surface area contributed by atoms with E-state index < -0.39 is 11.7 Å². The predicted octanol–water partition coefficient (Wildman–Crippen LogP) is 3.11. The molecule has 0 aromatic carbocycles. The van der Waals surface area contributed by atoms with Gasteiger partial charge in [0.1, 0.15) is 5.60 Å². The number of nitrogens with one attached hydrogen (secondary N) is 1. The summed E-state index contributed by atoms with van der Waals surface area (Å²) in [5, 5.41) is 11.0. The molecule has 6 heteroatoms. The van der Waals surface area contributed by atoms with Crippen molar-refractivity contribution in [1.29, 1.82) is 5.26 Å². The second kappa shape index (κ2) is 7.34. The van der Waals surface area contributed by atoms with E-state index in [-0.39, 0.29) is 0 Å². The standard InChI is InChI=1S/C14H19N3O3/c1-14(2,3)20-13(18)17-12-11(7-6-9-16-12)19-10-5-4-8-15/h6-7,9H,4-5,10H2,1-3H3,(H,16,17,18). The van der Waals surface area contributed by atoms with Crippen molar-refractivity contribution in [1.82, 2.24) is 4.98 Å². The van der Waals surface area contributed by atoms with E-state index in [2.05, 4.69) is 10.3 Å². The zero-order valence-corrected chi connectivity index (χ0v) is 12.0. The topological polar surface area (TPSA) is 84.2 Å². The van der Waals surface area contributed by atoms with E-state index in [4.69, 9.17) is 14.7 Å². The molecule has 1 rings (SSSR count). The lowest BCUT2D eigenvalue weighted by Crippen LogP contribution is -2.27. The van der Waals surface area contributed by atoms with Crippen LogP contribution in [0, 0.1) is 11.3 Å².